The highest BCUT2D eigenvalue weighted by Gasteiger charge is 2.26. The predicted octanol–water partition coefficient (Wildman–Crippen LogP) is 2.24. The molecule has 0 bridgehead atoms. The van der Waals surface area contributed by atoms with Gasteiger partial charge in [0.25, 0.3) is 0 Å². The Bertz CT molecular complexity index is 359. The number of carbonyl (C=O) groups is 3. The highest BCUT2D eigenvalue weighted by Crippen LogP contribution is 2.21. The van der Waals surface area contributed by atoms with Gasteiger partial charge in [0, 0.05) is 0 Å². The van der Waals surface area contributed by atoms with Gasteiger partial charge >= 0.3 is 17.9 Å². The number of carbonyl (C=O) groups excluding carboxylic acids is 3. The quantitative estimate of drug-likeness (QED) is 0.369. The summed E-state index contributed by atoms with van der Waals surface area (Å²) in [5.41, 5.74) is -0.537. The van der Waals surface area contributed by atoms with Crippen LogP contribution in [0.2, 0.25) is 0 Å². The van der Waals surface area contributed by atoms with E-state index in [9.17, 15) is 14.4 Å². The summed E-state index contributed by atoms with van der Waals surface area (Å²) in [5.74, 6) is -1.26. The number of ether oxygens (including phenoxy) is 3. The van der Waals surface area contributed by atoms with Crippen LogP contribution in [0.3, 0.4) is 0 Å². The lowest BCUT2D eigenvalue weighted by Gasteiger charge is -2.20. The summed E-state index contributed by atoms with van der Waals surface area (Å²) in [6.45, 7) is 8.97. The molecule has 122 valence electrons. The van der Waals surface area contributed by atoms with Crippen molar-refractivity contribution >= 4 is 17.9 Å². The molecule has 6 nitrogen and oxygen atoms in total. The van der Waals surface area contributed by atoms with Gasteiger partial charge in [0.1, 0.15) is 13.2 Å². The largest absolute Gasteiger partial charge is 0.463 e. The molecule has 0 atom stereocenters. The van der Waals surface area contributed by atoms with Crippen LogP contribution in [0, 0.1) is 5.41 Å². The molecule has 0 aliphatic rings. The second-order valence-corrected chi connectivity index (χ2v) is 5.63. The van der Waals surface area contributed by atoms with E-state index in [2.05, 4.69) is 0 Å². The molecule has 6 heteroatoms. The highest BCUT2D eigenvalue weighted by atomic mass is 16.6. The molecular weight excluding hydrogens is 276 g/mol. The van der Waals surface area contributed by atoms with Gasteiger partial charge in [-0.1, -0.05) is 6.92 Å². The van der Waals surface area contributed by atoms with E-state index in [1.54, 1.807) is 27.7 Å². The molecule has 0 aromatic heterocycles. The Morgan fingerprint density at radius 3 is 2.00 bits per heavy atom. The van der Waals surface area contributed by atoms with Gasteiger partial charge in [-0.25, -0.2) is 0 Å². The number of hydrogen-bond acceptors (Lipinski definition) is 6. The van der Waals surface area contributed by atoms with E-state index in [4.69, 9.17) is 14.2 Å². The zero-order valence-corrected chi connectivity index (χ0v) is 13.6. The minimum Gasteiger partial charge on any atom is -0.463 e. The second kappa shape index (κ2) is 9.37. The fraction of sp³-hybridized carbons (Fsp3) is 0.800. The monoisotopic (exact) mass is 302 g/mol. The summed E-state index contributed by atoms with van der Waals surface area (Å²) in [6.07, 6.45) is 0.415. The van der Waals surface area contributed by atoms with E-state index >= 15 is 0 Å². The zero-order chi connectivity index (χ0) is 16.5. The standard InChI is InChI=1S/C15H26O6/c1-6-15(4,5)14(18)20-10-9-19-12(16)7-8-13(17)21-11(2)3/h11H,6-10H2,1-5H3. The molecule has 0 aromatic rings. The Morgan fingerprint density at radius 1 is 0.952 bits per heavy atom. The third-order valence-corrected chi connectivity index (χ3v) is 2.92. The van der Waals surface area contributed by atoms with Gasteiger partial charge in [-0.2, -0.15) is 0 Å². The fourth-order valence-corrected chi connectivity index (χ4v) is 1.23. The molecule has 0 saturated heterocycles. The first kappa shape index (κ1) is 19.4. The molecule has 0 radical (unpaired) electrons. The summed E-state index contributed by atoms with van der Waals surface area (Å²) in [6, 6.07) is 0. The van der Waals surface area contributed by atoms with E-state index in [0.717, 1.165) is 0 Å². The van der Waals surface area contributed by atoms with Crippen molar-refractivity contribution in [1.29, 1.82) is 0 Å². The fourth-order valence-electron chi connectivity index (χ4n) is 1.23. The normalized spacial score (nSPS) is 11.1. The van der Waals surface area contributed by atoms with Crippen molar-refractivity contribution in [3.05, 3.63) is 0 Å². The van der Waals surface area contributed by atoms with Gasteiger partial charge in [-0.05, 0) is 34.1 Å². The van der Waals surface area contributed by atoms with Crippen LogP contribution >= 0.6 is 0 Å². The first-order chi connectivity index (χ1) is 9.69. The van der Waals surface area contributed by atoms with Crippen molar-refractivity contribution in [3.8, 4) is 0 Å². The number of hydrogen-bond donors (Lipinski definition) is 0. The average Bonchev–Trinajstić information content (AvgIpc) is 2.40. The number of rotatable bonds is 9. The molecule has 21 heavy (non-hydrogen) atoms. The SMILES string of the molecule is CCC(C)(C)C(=O)OCCOC(=O)CCC(=O)OC(C)C. The van der Waals surface area contributed by atoms with Crippen LogP contribution in [0.4, 0.5) is 0 Å². The molecule has 0 aromatic carbocycles. The maximum Gasteiger partial charge on any atom is 0.311 e. The van der Waals surface area contributed by atoms with Crippen LogP contribution in [-0.4, -0.2) is 37.2 Å². The van der Waals surface area contributed by atoms with E-state index < -0.39 is 17.4 Å². The molecule has 0 spiro atoms. The zero-order valence-electron chi connectivity index (χ0n) is 13.6. The first-order valence-corrected chi connectivity index (χ1v) is 7.21. The van der Waals surface area contributed by atoms with E-state index in [0.29, 0.717) is 6.42 Å². The van der Waals surface area contributed by atoms with Crippen LogP contribution in [-0.2, 0) is 28.6 Å². The van der Waals surface area contributed by atoms with Gasteiger partial charge in [-0.15, -0.1) is 0 Å². The summed E-state index contributed by atoms with van der Waals surface area (Å²) in [4.78, 5) is 34.2. The van der Waals surface area contributed by atoms with Crippen LogP contribution in [0.15, 0.2) is 0 Å². The van der Waals surface area contributed by atoms with Crippen molar-refractivity contribution in [2.75, 3.05) is 13.2 Å². The summed E-state index contributed by atoms with van der Waals surface area (Å²) < 4.78 is 14.8. The molecule has 0 rings (SSSR count). The Kier molecular flexibility index (Phi) is 8.66. The van der Waals surface area contributed by atoms with E-state index in [-0.39, 0.29) is 38.1 Å². The highest BCUT2D eigenvalue weighted by molar-refractivity contribution is 5.78. The Labute approximate surface area is 126 Å². The third-order valence-electron chi connectivity index (χ3n) is 2.92. The van der Waals surface area contributed by atoms with Crippen molar-refractivity contribution in [1.82, 2.24) is 0 Å². The Morgan fingerprint density at radius 2 is 1.48 bits per heavy atom. The third kappa shape index (κ3) is 9.05. The van der Waals surface area contributed by atoms with Crippen molar-refractivity contribution in [2.45, 2.75) is 60.0 Å². The molecule has 0 fully saturated rings. The predicted molar refractivity (Wildman–Crippen MR) is 76.5 cm³/mol. The van der Waals surface area contributed by atoms with E-state index in [1.165, 1.54) is 0 Å². The molecular formula is C15H26O6. The van der Waals surface area contributed by atoms with Crippen LogP contribution in [0.25, 0.3) is 0 Å². The van der Waals surface area contributed by atoms with Gasteiger partial charge < -0.3 is 14.2 Å². The Hall–Kier alpha value is -1.59. The number of esters is 3. The lowest BCUT2D eigenvalue weighted by atomic mass is 9.91. The minimum absolute atomic E-state index is 0.0103. The van der Waals surface area contributed by atoms with Gasteiger partial charge in [-0.3, -0.25) is 14.4 Å². The van der Waals surface area contributed by atoms with Gasteiger partial charge in [0.05, 0.1) is 24.4 Å². The maximum atomic E-state index is 11.6. The molecule has 0 amide bonds. The summed E-state index contributed by atoms with van der Waals surface area (Å²) >= 11 is 0. The summed E-state index contributed by atoms with van der Waals surface area (Å²) in [5, 5.41) is 0. The Balaban J connectivity index is 3.76. The van der Waals surface area contributed by atoms with Gasteiger partial charge in [0.2, 0.25) is 0 Å². The topological polar surface area (TPSA) is 78.9 Å². The minimum atomic E-state index is -0.537. The smallest absolute Gasteiger partial charge is 0.311 e. The molecule has 0 heterocycles. The van der Waals surface area contributed by atoms with Gasteiger partial charge in [0.15, 0.2) is 0 Å². The van der Waals surface area contributed by atoms with Crippen molar-refractivity contribution < 1.29 is 28.6 Å². The molecule has 0 unspecified atom stereocenters. The lowest BCUT2D eigenvalue weighted by Crippen LogP contribution is -2.27. The van der Waals surface area contributed by atoms with Crippen LogP contribution in [0.5, 0.6) is 0 Å². The molecule has 0 aliphatic heterocycles. The average molecular weight is 302 g/mol. The van der Waals surface area contributed by atoms with Crippen molar-refractivity contribution in [3.63, 3.8) is 0 Å². The molecule has 0 N–H and O–H groups in total. The maximum absolute atomic E-state index is 11.6. The second-order valence-electron chi connectivity index (χ2n) is 5.63. The van der Waals surface area contributed by atoms with Crippen LogP contribution in [0.1, 0.15) is 53.9 Å². The lowest BCUT2D eigenvalue weighted by molar-refractivity contribution is -0.159. The van der Waals surface area contributed by atoms with Crippen molar-refractivity contribution in [2.24, 2.45) is 5.41 Å². The van der Waals surface area contributed by atoms with Crippen LogP contribution < -0.4 is 0 Å². The molecule has 0 aliphatic carbocycles. The molecule has 0 saturated carbocycles. The summed E-state index contributed by atoms with van der Waals surface area (Å²) in [7, 11) is 0. The van der Waals surface area contributed by atoms with E-state index in [1.807, 2.05) is 6.92 Å². The first-order valence-electron chi connectivity index (χ1n) is 7.21.